The van der Waals surface area contributed by atoms with Gasteiger partial charge in [-0.1, -0.05) is 6.92 Å². The van der Waals surface area contributed by atoms with Gasteiger partial charge >= 0.3 is 0 Å². The zero-order valence-corrected chi connectivity index (χ0v) is 20.2. The highest BCUT2D eigenvalue weighted by molar-refractivity contribution is 14.0. The van der Waals surface area contributed by atoms with Crippen LogP contribution < -0.4 is 10.6 Å². The second kappa shape index (κ2) is 12.9. The van der Waals surface area contributed by atoms with Gasteiger partial charge in [0.1, 0.15) is 12.1 Å². The molecule has 3 rings (SSSR count). The van der Waals surface area contributed by atoms with Crippen molar-refractivity contribution in [2.24, 2.45) is 4.99 Å². The fourth-order valence-electron chi connectivity index (χ4n) is 3.56. The molecular formula is C22H33FIN5O. The highest BCUT2D eigenvalue weighted by Gasteiger charge is 2.19. The van der Waals surface area contributed by atoms with Crippen LogP contribution >= 0.6 is 24.0 Å². The SMILES string of the molecule is CCCN1CCC(NC(=NCCc2coc(-c3ccc(F)cc3)n2)NCC)CC1.I. The fourth-order valence-corrected chi connectivity index (χ4v) is 3.56. The molecule has 166 valence electrons. The average molecular weight is 529 g/mol. The van der Waals surface area contributed by atoms with Gasteiger partial charge in [-0.25, -0.2) is 9.37 Å². The molecule has 1 aliphatic rings. The van der Waals surface area contributed by atoms with Crippen LogP contribution in [0.5, 0.6) is 0 Å². The second-order valence-corrected chi connectivity index (χ2v) is 7.42. The van der Waals surface area contributed by atoms with Crippen LogP contribution in [-0.2, 0) is 6.42 Å². The van der Waals surface area contributed by atoms with Gasteiger partial charge in [0.05, 0.1) is 5.69 Å². The highest BCUT2D eigenvalue weighted by atomic mass is 127. The zero-order chi connectivity index (χ0) is 20.5. The first kappa shape index (κ1) is 24.6. The van der Waals surface area contributed by atoms with Crippen molar-refractivity contribution >= 4 is 29.9 Å². The third kappa shape index (κ3) is 7.54. The van der Waals surface area contributed by atoms with E-state index in [4.69, 9.17) is 9.41 Å². The monoisotopic (exact) mass is 529 g/mol. The lowest BCUT2D eigenvalue weighted by Crippen LogP contribution is -2.48. The summed E-state index contributed by atoms with van der Waals surface area (Å²) in [7, 11) is 0. The number of oxazole rings is 1. The van der Waals surface area contributed by atoms with Crippen molar-refractivity contribution in [2.75, 3.05) is 32.7 Å². The first-order valence-corrected chi connectivity index (χ1v) is 10.7. The van der Waals surface area contributed by atoms with Crippen LogP contribution in [0.3, 0.4) is 0 Å². The molecule has 0 bridgehead atoms. The summed E-state index contributed by atoms with van der Waals surface area (Å²) in [5, 5.41) is 6.91. The van der Waals surface area contributed by atoms with Crippen LogP contribution in [0.15, 0.2) is 39.9 Å². The number of guanidine groups is 1. The van der Waals surface area contributed by atoms with E-state index in [1.165, 1.54) is 25.1 Å². The minimum atomic E-state index is -0.269. The van der Waals surface area contributed by atoms with Crippen LogP contribution in [0.25, 0.3) is 11.5 Å². The van der Waals surface area contributed by atoms with Gasteiger partial charge < -0.3 is 20.0 Å². The lowest BCUT2D eigenvalue weighted by atomic mass is 10.1. The van der Waals surface area contributed by atoms with Crippen molar-refractivity contribution in [3.05, 3.63) is 42.0 Å². The highest BCUT2D eigenvalue weighted by Crippen LogP contribution is 2.19. The summed E-state index contributed by atoms with van der Waals surface area (Å²) >= 11 is 0. The molecule has 0 amide bonds. The lowest BCUT2D eigenvalue weighted by Gasteiger charge is -2.32. The first-order valence-electron chi connectivity index (χ1n) is 10.7. The summed E-state index contributed by atoms with van der Waals surface area (Å²) in [6.07, 6.45) is 5.85. The predicted octanol–water partition coefficient (Wildman–Crippen LogP) is 4.07. The van der Waals surface area contributed by atoms with Crippen LogP contribution in [0.1, 0.15) is 38.8 Å². The summed E-state index contributed by atoms with van der Waals surface area (Å²) in [5.74, 6) is 1.10. The first-order chi connectivity index (χ1) is 14.2. The van der Waals surface area contributed by atoms with Crippen molar-refractivity contribution < 1.29 is 8.81 Å². The Morgan fingerprint density at radius 2 is 1.97 bits per heavy atom. The molecule has 30 heavy (non-hydrogen) atoms. The topological polar surface area (TPSA) is 65.7 Å². The quantitative estimate of drug-likeness (QED) is 0.307. The van der Waals surface area contributed by atoms with E-state index in [1.807, 2.05) is 0 Å². The molecule has 2 heterocycles. The van der Waals surface area contributed by atoms with Crippen molar-refractivity contribution in [1.82, 2.24) is 20.5 Å². The molecule has 0 atom stereocenters. The van der Waals surface area contributed by atoms with Crippen molar-refractivity contribution in [1.29, 1.82) is 0 Å². The third-order valence-corrected chi connectivity index (χ3v) is 5.09. The Kier molecular flexibility index (Phi) is 10.6. The molecule has 0 unspecified atom stereocenters. The van der Waals surface area contributed by atoms with Crippen molar-refractivity contribution in [3.63, 3.8) is 0 Å². The molecule has 0 aliphatic carbocycles. The maximum absolute atomic E-state index is 13.1. The summed E-state index contributed by atoms with van der Waals surface area (Å²) in [5.41, 5.74) is 1.61. The Bertz CT molecular complexity index is 772. The van der Waals surface area contributed by atoms with Gasteiger partial charge in [-0.05, 0) is 57.0 Å². The largest absolute Gasteiger partial charge is 0.444 e. The van der Waals surface area contributed by atoms with E-state index in [-0.39, 0.29) is 29.8 Å². The Hall–Kier alpha value is -1.68. The van der Waals surface area contributed by atoms with Gasteiger partial charge in [-0.15, -0.1) is 24.0 Å². The second-order valence-electron chi connectivity index (χ2n) is 7.42. The van der Waals surface area contributed by atoms with E-state index in [0.29, 0.717) is 24.9 Å². The number of aliphatic imine (C=N–C) groups is 1. The minimum Gasteiger partial charge on any atom is -0.444 e. The van der Waals surface area contributed by atoms with Gasteiger partial charge in [-0.3, -0.25) is 4.99 Å². The number of piperidine rings is 1. The number of halogens is 2. The van der Waals surface area contributed by atoms with E-state index in [2.05, 4.69) is 34.4 Å². The molecule has 1 aromatic carbocycles. The number of hydrogen-bond donors (Lipinski definition) is 2. The standard InChI is InChI=1S/C22H32FN5O.HI/c1-3-13-28-14-10-19(11-15-28)27-22(24-4-2)25-12-9-20-16-29-21(26-20)17-5-7-18(23)8-6-17;/h5-8,16,19H,3-4,9-15H2,1-2H3,(H2,24,25,27);1H. The molecule has 8 heteroatoms. The minimum absolute atomic E-state index is 0. The maximum atomic E-state index is 13.1. The summed E-state index contributed by atoms with van der Waals surface area (Å²) in [6.45, 7) is 9.26. The predicted molar refractivity (Wildman–Crippen MR) is 130 cm³/mol. The molecule has 0 radical (unpaired) electrons. The molecule has 2 N–H and O–H groups in total. The number of rotatable bonds is 8. The van der Waals surface area contributed by atoms with Gasteiger partial charge in [0.15, 0.2) is 5.96 Å². The van der Waals surface area contributed by atoms with Crippen LogP contribution in [0.4, 0.5) is 4.39 Å². The Balaban J connectivity index is 0.00000320. The number of nitrogens with one attached hydrogen (secondary N) is 2. The number of nitrogens with zero attached hydrogens (tertiary/aromatic N) is 3. The molecule has 0 saturated carbocycles. The van der Waals surface area contributed by atoms with Crippen LogP contribution in [-0.4, -0.2) is 54.6 Å². The average Bonchev–Trinajstić information content (AvgIpc) is 3.19. The van der Waals surface area contributed by atoms with Crippen LogP contribution in [0, 0.1) is 5.82 Å². The normalized spacial score (nSPS) is 15.6. The van der Waals surface area contributed by atoms with E-state index in [1.54, 1.807) is 18.4 Å². The molecule has 0 spiro atoms. The molecule has 2 aromatic rings. The maximum Gasteiger partial charge on any atom is 0.226 e. The van der Waals surface area contributed by atoms with Gasteiger partial charge in [-0.2, -0.15) is 0 Å². The molecular weight excluding hydrogens is 496 g/mol. The molecule has 1 saturated heterocycles. The number of benzene rings is 1. The Morgan fingerprint density at radius 1 is 1.23 bits per heavy atom. The lowest BCUT2D eigenvalue weighted by molar-refractivity contribution is 0.206. The van der Waals surface area contributed by atoms with E-state index >= 15 is 0 Å². The van der Waals surface area contributed by atoms with E-state index in [9.17, 15) is 4.39 Å². The molecule has 1 aliphatic heterocycles. The summed E-state index contributed by atoms with van der Waals surface area (Å²) in [4.78, 5) is 11.7. The number of aromatic nitrogens is 1. The fraction of sp³-hybridized carbons (Fsp3) is 0.545. The van der Waals surface area contributed by atoms with Gasteiger partial charge in [0.25, 0.3) is 0 Å². The Labute approximate surface area is 195 Å². The molecule has 1 fully saturated rings. The smallest absolute Gasteiger partial charge is 0.226 e. The Morgan fingerprint density at radius 3 is 2.63 bits per heavy atom. The summed E-state index contributed by atoms with van der Waals surface area (Å²) in [6, 6.07) is 6.62. The zero-order valence-electron chi connectivity index (χ0n) is 17.9. The molecule has 1 aromatic heterocycles. The van der Waals surface area contributed by atoms with Crippen molar-refractivity contribution in [3.8, 4) is 11.5 Å². The molecule has 6 nitrogen and oxygen atoms in total. The van der Waals surface area contributed by atoms with Gasteiger partial charge in [0.2, 0.25) is 5.89 Å². The number of hydrogen-bond acceptors (Lipinski definition) is 4. The summed E-state index contributed by atoms with van der Waals surface area (Å²) < 4.78 is 18.6. The van der Waals surface area contributed by atoms with E-state index < -0.39 is 0 Å². The van der Waals surface area contributed by atoms with E-state index in [0.717, 1.165) is 49.7 Å². The van der Waals surface area contributed by atoms with Gasteiger partial charge in [0, 0.05) is 44.2 Å². The number of likely N-dealkylation sites (tertiary alicyclic amines) is 1. The van der Waals surface area contributed by atoms with Crippen LogP contribution in [0.2, 0.25) is 0 Å². The van der Waals surface area contributed by atoms with Crippen molar-refractivity contribution in [2.45, 2.75) is 45.6 Å². The third-order valence-electron chi connectivity index (χ3n) is 5.09.